The van der Waals surface area contributed by atoms with Gasteiger partial charge in [-0.05, 0) is 31.2 Å². The third-order valence-electron chi connectivity index (χ3n) is 2.73. The number of hydrogen-bond donors (Lipinski definition) is 3. The molecule has 3 N–H and O–H groups in total. The Hall–Kier alpha value is -2.50. The van der Waals surface area contributed by atoms with E-state index in [9.17, 15) is 4.79 Å². The van der Waals surface area contributed by atoms with E-state index in [0.29, 0.717) is 12.2 Å². The predicted octanol–water partition coefficient (Wildman–Crippen LogP) is 2.51. The van der Waals surface area contributed by atoms with Gasteiger partial charge in [-0.15, -0.1) is 0 Å². The van der Waals surface area contributed by atoms with Crippen LogP contribution < -0.4 is 10.6 Å². The first-order valence-corrected chi connectivity index (χ1v) is 5.87. The van der Waals surface area contributed by atoms with Gasteiger partial charge in [-0.1, -0.05) is 0 Å². The number of hydrogen-bond acceptors (Lipinski definition) is 4. The maximum Gasteiger partial charge on any atom is 0.411 e. The van der Waals surface area contributed by atoms with Crippen molar-refractivity contribution in [1.82, 2.24) is 10.2 Å². The van der Waals surface area contributed by atoms with Gasteiger partial charge in [0.15, 0.2) is 0 Å². The molecule has 1 amide bonds. The van der Waals surface area contributed by atoms with E-state index in [-0.39, 0.29) is 0 Å². The third kappa shape index (κ3) is 3.48. The quantitative estimate of drug-likeness (QED) is 0.789. The fraction of sp³-hybridized carbons (Fsp3) is 0.231. The van der Waals surface area contributed by atoms with E-state index < -0.39 is 6.09 Å². The van der Waals surface area contributed by atoms with Gasteiger partial charge in [-0.3, -0.25) is 10.4 Å². The van der Waals surface area contributed by atoms with E-state index in [1.165, 1.54) is 7.11 Å². The van der Waals surface area contributed by atoms with Gasteiger partial charge in [0, 0.05) is 29.2 Å². The summed E-state index contributed by atoms with van der Waals surface area (Å²) in [6, 6.07) is 7.39. The molecule has 6 heteroatoms. The summed E-state index contributed by atoms with van der Waals surface area (Å²) in [4.78, 5) is 11.0. The lowest BCUT2D eigenvalue weighted by atomic mass is 10.2. The molecule has 0 atom stereocenters. The molecule has 0 aliphatic heterocycles. The number of H-pyrrole nitrogens is 1. The second kappa shape index (κ2) is 5.90. The van der Waals surface area contributed by atoms with Crippen molar-refractivity contribution in [1.29, 1.82) is 0 Å². The average Bonchev–Trinajstić information content (AvgIpc) is 2.83. The summed E-state index contributed by atoms with van der Waals surface area (Å²) < 4.78 is 4.52. The van der Waals surface area contributed by atoms with Gasteiger partial charge in [0.2, 0.25) is 0 Å². The summed E-state index contributed by atoms with van der Waals surface area (Å²) in [5.74, 6) is 0. The fourth-order valence-electron chi connectivity index (χ4n) is 1.59. The summed E-state index contributed by atoms with van der Waals surface area (Å²) in [7, 11) is 1.33. The number of rotatable bonds is 4. The maximum atomic E-state index is 11.0. The molecule has 0 unspecified atom stereocenters. The van der Waals surface area contributed by atoms with Crippen molar-refractivity contribution in [2.24, 2.45) is 0 Å². The predicted molar refractivity (Wildman–Crippen MR) is 73.1 cm³/mol. The molecule has 0 radical (unpaired) electrons. The SMILES string of the molecule is COC(=O)Nc1ccc(NCc2cn[nH]c2C)cc1. The molecule has 0 saturated carbocycles. The van der Waals surface area contributed by atoms with Gasteiger partial charge in [-0.25, -0.2) is 4.79 Å². The van der Waals surface area contributed by atoms with E-state index in [4.69, 9.17) is 0 Å². The lowest BCUT2D eigenvalue weighted by Crippen LogP contribution is -2.10. The van der Waals surface area contributed by atoms with Gasteiger partial charge in [-0.2, -0.15) is 5.10 Å². The standard InChI is InChI=1S/C13H16N4O2/c1-9-10(8-15-17-9)7-14-11-3-5-12(6-4-11)16-13(18)19-2/h3-6,8,14H,7H2,1-2H3,(H,15,17)(H,16,18). The van der Waals surface area contributed by atoms with Crippen LogP contribution in [0.5, 0.6) is 0 Å². The highest BCUT2D eigenvalue weighted by Crippen LogP contribution is 2.15. The van der Waals surface area contributed by atoms with Crippen molar-refractivity contribution in [3.63, 3.8) is 0 Å². The van der Waals surface area contributed by atoms with Crippen LogP contribution in [0.2, 0.25) is 0 Å². The van der Waals surface area contributed by atoms with E-state index >= 15 is 0 Å². The zero-order chi connectivity index (χ0) is 13.7. The molecule has 0 fully saturated rings. The number of carbonyl (C=O) groups is 1. The van der Waals surface area contributed by atoms with E-state index in [0.717, 1.165) is 16.9 Å². The monoisotopic (exact) mass is 260 g/mol. The Kier molecular flexibility index (Phi) is 4.02. The number of carbonyl (C=O) groups excluding carboxylic acids is 1. The Labute approximate surface area is 111 Å². The van der Waals surface area contributed by atoms with Gasteiger partial charge < -0.3 is 10.1 Å². The Morgan fingerprint density at radius 3 is 2.58 bits per heavy atom. The minimum Gasteiger partial charge on any atom is -0.453 e. The summed E-state index contributed by atoms with van der Waals surface area (Å²) >= 11 is 0. The first-order valence-electron chi connectivity index (χ1n) is 5.87. The van der Waals surface area contributed by atoms with Gasteiger partial charge in [0.25, 0.3) is 0 Å². The number of aryl methyl sites for hydroxylation is 1. The molecule has 1 heterocycles. The van der Waals surface area contributed by atoms with E-state index in [1.807, 2.05) is 31.2 Å². The topological polar surface area (TPSA) is 79.0 Å². The number of amides is 1. The smallest absolute Gasteiger partial charge is 0.411 e. The molecule has 2 aromatic rings. The van der Waals surface area contributed by atoms with Crippen molar-refractivity contribution in [2.45, 2.75) is 13.5 Å². The largest absolute Gasteiger partial charge is 0.453 e. The van der Waals surface area contributed by atoms with Crippen molar-refractivity contribution >= 4 is 17.5 Å². The first kappa shape index (κ1) is 12.9. The lowest BCUT2D eigenvalue weighted by Gasteiger charge is -2.07. The van der Waals surface area contributed by atoms with Crippen LogP contribution in [0.25, 0.3) is 0 Å². The minimum absolute atomic E-state index is 0.477. The van der Waals surface area contributed by atoms with E-state index in [2.05, 4.69) is 25.6 Å². The van der Waals surface area contributed by atoms with Crippen LogP contribution in [0.4, 0.5) is 16.2 Å². The van der Waals surface area contributed by atoms with Crippen LogP contribution in [-0.4, -0.2) is 23.4 Å². The van der Waals surface area contributed by atoms with Crippen molar-refractivity contribution < 1.29 is 9.53 Å². The van der Waals surface area contributed by atoms with Crippen LogP contribution in [0.1, 0.15) is 11.3 Å². The number of ether oxygens (including phenoxy) is 1. The molecule has 1 aromatic heterocycles. The second-order valence-electron chi connectivity index (χ2n) is 4.07. The Morgan fingerprint density at radius 1 is 1.32 bits per heavy atom. The summed E-state index contributed by atoms with van der Waals surface area (Å²) in [6.45, 7) is 2.68. The second-order valence-corrected chi connectivity index (χ2v) is 4.07. The molecule has 0 spiro atoms. The first-order chi connectivity index (χ1) is 9.19. The van der Waals surface area contributed by atoms with Crippen LogP contribution in [-0.2, 0) is 11.3 Å². The molecule has 0 aliphatic carbocycles. The molecule has 2 rings (SSSR count). The number of nitrogens with one attached hydrogen (secondary N) is 3. The van der Waals surface area contributed by atoms with E-state index in [1.54, 1.807) is 6.20 Å². The zero-order valence-corrected chi connectivity index (χ0v) is 10.9. The third-order valence-corrected chi connectivity index (χ3v) is 2.73. The van der Waals surface area contributed by atoms with Crippen molar-refractivity contribution in [3.05, 3.63) is 41.7 Å². The molecular weight excluding hydrogens is 244 g/mol. The molecule has 0 aliphatic rings. The Bertz CT molecular complexity index is 548. The Morgan fingerprint density at radius 2 is 2.00 bits per heavy atom. The van der Waals surface area contributed by atoms with Gasteiger partial charge >= 0.3 is 6.09 Å². The number of aromatic amines is 1. The maximum absolute atomic E-state index is 11.0. The highest BCUT2D eigenvalue weighted by molar-refractivity contribution is 5.84. The van der Waals surface area contributed by atoms with Gasteiger partial charge in [0.05, 0.1) is 13.3 Å². The number of anilines is 2. The van der Waals surface area contributed by atoms with Crippen LogP contribution >= 0.6 is 0 Å². The molecule has 100 valence electrons. The number of aromatic nitrogens is 2. The van der Waals surface area contributed by atoms with Crippen molar-refractivity contribution in [3.8, 4) is 0 Å². The number of benzene rings is 1. The number of methoxy groups -OCH3 is 1. The minimum atomic E-state index is -0.477. The zero-order valence-electron chi connectivity index (χ0n) is 10.9. The summed E-state index contributed by atoms with van der Waals surface area (Å²) in [5, 5.41) is 12.7. The molecular formula is C13H16N4O2. The van der Waals surface area contributed by atoms with Gasteiger partial charge in [0.1, 0.15) is 0 Å². The summed E-state index contributed by atoms with van der Waals surface area (Å²) in [6.07, 6.45) is 1.32. The molecule has 1 aromatic carbocycles. The van der Waals surface area contributed by atoms with Crippen molar-refractivity contribution in [2.75, 3.05) is 17.7 Å². The van der Waals surface area contributed by atoms with Crippen LogP contribution in [0, 0.1) is 6.92 Å². The molecule has 0 bridgehead atoms. The number of nitrogens with zero attached hydrogens (tertiary/aromatic N) is 1. The normalized spacial score (nSPS) is 10.0. The highest BCUT2D eigenvalue weighted by atomic mass is 16.5. The van der Waals surface area contributed by atoms with Crippen LogP contribution in [0.3, 0.4) is 0 Å². The summed E-state index contributed by atoms with van der Waals surface area (Å²) in [5.41, 5.74) is 3.83. The molecule has 6 nitrogen and oxygen atoms in total. The fourth-order valence-corrected chi connectivity index (χ4v) is 1.59. The van der Waals surface area contributed by atoms with Crippen LogP contribution in [0.15, 0.2) is 30.5 Å². The lowest BCUT2D eigenvalue weighted by molar-refractivity contribution is 0.187. The molecule has 19 heavy (non-hydrogen) atoms. The Balaban J connectivity index is 1.92. The highest BCUT2D eigenvalue weighted by Gasteiger charge is 2.02. The molecule has 0 saturated heterocycles. The average molecular weight is 260 g/mol.